The number of hydrogen-bond donors (Lipinski definition) is 0. The zero-order valence-corrected chi connectivity index (χ0v) is 32.7. The van der Waals surface area contributed by atoms with Gasteiger partial charge in [-0.1, -0.05) is 44.2 Å². The van der Waals surface area contributed by atoms with E-state index in [1.54, 1.807) is 31.0 Å². The molecule has 2 aromatic carbocycles. The molecule has 2 saturated heterocycles. The Morgan fingerprint density at radius 2 is 1.57 bits per heavy atom. The fourth-order valence-electron chi connectivity index (χ4n) is 10.00. The van der Waals surface area contributed by atoms with Crippen molar-refractivity contribution in [2.75, 3.05) is 42.5 Å². The molecule has 2 fully saturated rings. The van der Waals surface area contributed by atoms with E-state index in [2.05, 4.69) is 58.7 Å². The van der Waals surface area contributed by atoms with Crippen LogP contribution >= 0.6 is 0 Å². The molecule has 58 heavy (non-hydrogen) atoms. The van der Waals surface area contributed by atoms with E-state index in [0.717, 1.165) is 59.0 Å². The van der Waals surface area contributed by atoms with Crippen LogP contribution in [-0.2, 0) is 0 Å². The number of benzene rings is 2. The first-order chi connectivity index (χ1) is 28.2. The highest BCUT2D eigenvalue weighted by Crippen LogP contribution is 2.44. The molecule has 0 aliphatic carbocycles. The quantitative estimate of drug-likeness (QED) is 0.167. The first-order valence-corrected chi connectivity index (χ1v) is 20.2. The molecule has 0 spiro atoms. The molecule has 5 aliphatic rings. The number of aromatic nitrogens is 5. The molecule has 10 rings (SSSR count). The Hall–Kier alpha value is -5.86. The summed E-state index contributed by atoms with van der Waals surface area (Å²) in [4.78, 5) is 30.0. The van der Waals surface area contributed by atoms with Crippen LogP contribution in [0.1, 0.15) is 39.7 Å². The van der Waals surface area contributed by atoms with E-state index in [9.17, 15) is 13.2 Å². The van der Waals surface area contributed by atoms with E-state index >= 15 is 0 Å². The largest absolute Gasteiger partial charge is 0.356 e. The number of guanidine groups is 1. The van der Waals surface area contributed by atoms with E-state index in [-0.39, 0.29) is 47.1 Å². The molecular weight excluding hydrogens is 742 g/mol. The van der Waals surface area contributed by atoms with Crippen LogP contribution in [0, 0.1) is 35.4 Å². The van der Waals surface area contributed by atoms with Crippen molar-refractivity contribution in [3.63, 3.8) is 0 Å². The Balaban J connectivity index is 0.958. The van der Waals surface area contributed by atoms with Gasteiger partial charge in [-0.25, -0.2) is 42.8 Å². The molecule has 5 aromatic rings. The van der Waals surface area contributed by atoms with Crippen molar-refractivity contribution in [2.24, 2.45) is 44.7 Å². The summed E-state index contributed by atoms with van der Waals surface area (Å²) in [7, 11) is 0. The third kappa shape index (κ3) is 6.25. The molecule has 7 atom stereocenters. The van der Waals surface area contributed by atoms with Crippen LogP contribution < -0.4 is 9.80 Å². The predicted octanol–water partition coefficient (Wildman–Crippen LogP) is 7.55. The lowest BCUT2D eigenvalue weighted by molar-refractivity contribution is 0.144. The number of alkyl halides is 2. The molecule has 3 unspecified atom stereocenters. The molecule has 0 saturated carbocycles. The van der Waals surface area contributed by atoms with E-state index in [1.807, 2.05) is 39.0 Å². The van der Waals surface area contributed by atoms with Crippen LogP contribution in [0.5, 0.6) is 0 Å². The Labute approximate surface area is 334 Å². The third-order valence-electron chi connectivity index (χ3n) is 13.2. The lowest BCUT2D eigenvalue weighted by Gasteiger charge is -2.46. The average molecular weight is 787 g/mol. The van der Waals surface area contributed by atoms with Crippen molar-refractivity contribution >= 4 is 57.1 Å². The molecule has 15 heteroatoms. The molecule has 12 nitrogen and oxygen atoms in total. The number of hydrazone groups is 1. The second-order valence-electron chi connectivity index (χ2n) is 16.4. The maximum absolute atomic E-state index is 14.8. The number of aliphatic imine (C=N–C) groups is 2. The zero-order chi connectivity index (χ0) is 39.7. The summed E-state index contributed by atoms with van der Waals surface area (Å²) in [6.07, 6.45) is 7.45. The molecule has 3 aromatic heterocycles. The monoisotopic (exact) mass is 786 g/mol. The van der Waals surface area contributed by atoms with Crippen molar-refractivity contribution in [1.29, 1.82) is 0 Å². The van der Waals surface area contributed by atoms with Crippen molar-refractivity contribution in [1.82, 2.24) is 34.6 Å². The van der Waals surface area contributed by atoms with Gasteiger partial charge < -0.3 is 9.80 Å². The van der Waals surface area contributed by atoms with Gasteiger partial charge in [0.1, 0.15) is 35.8 Å². The van der Waals surface area contributed by atoms with Gasteiger partial charge in [-0.2, -0.15) is 15.2 Å². The number of anilines is 2. The van der Waals surface area contributed by atoms with E-state index < -0.39 is 12.5 Å². The van der Waals surface area contributed by atoms with Gasteiger partial charge in [-0.3, -0.25) is 4.90 Å². The van der Waals surface area contributed by atoms with Crippen molar-refractivity contribution < 1.29 is 13.2 Å². The maximum atomic E-state index is 14.8. The van der Waals surface area contributed by atoms with Crippen LogP contribution in [0.3, 0.4) is 0 Å². The van der Waals surface area contributed by atoms with Gasteiger partial charge >= 0.3 is 0 Å². The smallest absolute Gasteiger partial charge is 0.280 e. The lowest BCUT2D eigenvalue weighted by atomic mass is 9.74. The summed E-state index contributed by atoms with van der Waals surface area (Å²) in [5, 5.41) is 15.3. The number of fused-ring (bicyclic) bond motifs is 4. The van der Waals surface area contributed by atoms with Gasteiger partial charge in [0, 0.05) is 79.4 Å². The number of pyridine rings is 2. The summed E-state index contributed by atoms with van der Waals surface area (Å²) in [6.45, 7) is 9.72. The van der Waals surface area contributed by atoms with Gasteiger partial charge in [-0.15, -0.1) is 0 Å². The summed E-state index contributed by atoms with van der Waals surface area (Å²) in [6, 6.07) is 16.5. The fourth-order valence-corrected chi connectivity index (χ4v) is 10.00. The molecule has 0 amide bonds. The molecule has 8 heterocycles. The number of allylic oxidation sites excluding steroid dienone is 1. The Morgan fingerprint density at radius 3 is 2.38 bits per heavy atom. The van der Waals surface area contributed by atoms with Crippen LogP contribution in [0.4, 0.5) is 30.8 Å². The second-order valence-corrected chi connectivity index (χ2v) is 16.4. The number of rotatable bonds is 7. The van der Waals surface area contributed by atoms with Crippen molar-refractivity contribution in [2.45, 2.75) is 52.1 Å². The van der Waals surface area contributed by atoms with Crippen LogP contribution in [0.2, 0.25) is 0 Å². The highest BCUT2D eigenvalue weighted by molar-refractivity contribution is 5.96. The minimum atomic E-state index is -2.75. The SMILES string of the molecule is CC1=Nc2ncnn2C([C@@H]2CN(c3nccc4ccccc34)CC[C@H]2CN2C=NN3C2=NC(C(F)F)=CC3[C@@H]2CN(c3nccc4ccc(F)cc34)CC[C@H]2C)C1C. The van der Waals surface area contributed by atoms with Gasteiger partial charge in [0.25, 0.3) is 6.43 Å². The summed E-state index contributed by atoms with van der Waals surface area (Å²) >= 11 is 0. The van der Waals surface area contributed by atoms with Gasteiger partial charge in [0.05, 0.1) is 12.1 Å². The average Bonchev–Trinajstić information content (AvgIpc) is 3.88. The predicted molar refractivity (Wildman–Crippen MR) is 220 cm³/mol. The third-order valence-corrected chi connectivity index (χ3v) is 13.2. The molecule has 298 valence electrons. The normalized spacial score (nSPS) is 27.2. The minimum absolute atomic E-state index is 0.0452. The van der Waals surface area contributed by atoms with Crippen molar-refractivity contribution in [3.05, 3.63) is 90.9 Å². The van der Waals surface area contributed by atoms with Gasteiger partial charge in [0.15, 0.2) is 0 Å². The van der Waals surface area contributed by atoms with E-state index in [4.69, 9.17) is 25.2 Å². The molecular formula is C43H45F3N12. The second kappa shape index (κ2) is 14.5. The van der Waals surface area contributed by atoms with E-state index in [1.165, 1.54) is 12.1 Å². The highest BCUT2D eigenvalue weighted by atomic mass is 19.3. The standard InChI is InChI=1S/C43H45F3N12/c1-25-12-16-54(41-33-18-31(44)9-8-29(33)11-15-48-41)21-34(25)37-19-36(39(45)46)53-43-56(24-51-57(37)43)20-30-13-17-55(40-32-7-5-4-6-28(32)10-14-47-40)22-35(30)38-26(2)27(3)52-42-49-23-50-58(38)42/h4-11,14-15,18-19,23-26,30,34-35,37-39H,12-13,16-17,20-22H2,1-3H3/t25-,26?,30+,34-,35-,37?,38?/m1/s1. The molecule has 5 aliphatic heterocycles. The number of piperidine rings is 2. The van der Waals surface area contributed by atoms with Crippen molar-refractivity contribution in [3.8, 4) is 0 Å². The maximum Gasteiger partial charge on any atom is 0.280 e. The number of halogens is 3. The van der Waals surface area contributed by atoms with E-state index in [0.29, 0.717) is 37.4 Å². The summed E-state index contributed by atoms with van der Waals surface area (Å²) in [5.41, 5.74) is 0.763. The zero-order valence-electron chi connectivity index (χ0n) is 32.7. The topological polar surface area (TPSA) is 107 Å². The number of hydrogen-bond acceptors (Lipinski definition) is 11. The number of nitrogens with zero attached hydrogens (tertiary/aromatic N) is 12. The first kappa shape index (κ1) is 36.5. The summed E-state index contributed by atoms with van der Waals surface area (Å²) in [5.74, 6) is 2.71. The van der Waals surface area contributed by atoms with Crippen LogP contribution in [0.15, 0.2) is 100 Å². The Bertz CT molecular complexity index is 2490. The van der Waals surface area contributed by atoms with Crippen LogP contribution in [-0.4, -0.2) is 97.8 Å². The Morgan fingerprint density at radius 1 is 0.828 bits per heavy atom. The first-order valence-electron chi connectivity index (χ1n) is 20.2. The minimum Gasteiger partial charge on any atom is -0.356 e. The fraction of sp³-hybridized carbons (Fsp3) is 0.419. The molecule has 0 radical (unpaired) electrons. The van der Waals surface area contributed by atoms with Gasteiger partial charge in [0.2, 0.25) is 11.9 Å². The molecule has 0 bridgehead atoms. The highest BCUT2D eigenvalue weighted by Gasteiger charge is 2.46. The summed E-state index contributed by atoms with van der Waals surface area (Å²) < 4.78 is 46.1. The lowest BCUT2D eigenvalue weighted by Crippen LogP contribution is -2.54. The van der Waals surface area contributed by atoms with Gasteiger partial charge in [-0.05, 0) is 72.7 Å². The van der Waals surface area contributed by atoms with Crippen LogP contribution in [0.25, 0.3) is 21.5 Å². The molecule has 0 N–H and O–H groups in total. The Kier molecular flexibility index (Phi) is 9.12.